The normalized spacial score (nSPS) is 10.4. The monoisotopic (exact) mass is 361 g/mol. The number of methoxy groups -OCH3 is 1. The molecule has 0 atom stereocenters. The molecule has 6 heteroatoms. The first kappa shape index (κ1) is 15.1. The molecule has 0 aliphatic carbocycles. The van der Waals surface area contributed by atoms with Crippen LogP contribution in [0.25, 0.3) is 0 Å². The second-order valence-electron chi connectivity index (χ2n) is 4.05. The maximum atomic E-state index is 13.7. The van der Waals surface area contributed by atoms with Gasteiger partial charge >= 0.3 is 0 Å². The van der Waals surface area contributed by atoms with Crippen molar-refractivity contribution in [2.24, 2.45) is 0 Å². The summed E-state index contributed by atoms with van der Waals surface area (Å²) in [6.07, 6.45) is 0. The van der Waals surface area contributed by atoms with Crippen LogP contribution < -0.4 is 10.1 Å². The summed E-state index contributed by atoms with van der Waals surface area (Å²) in [7, 11) is 1.52. The molecule has 0 unspecified atom stereocenters. The summed E-state index contributed by atoms with van der Waals surface area (Å²) in [5, 5.41) is 3.24. The predicted molar refractivity (Wildman–Crippen MR) is 79.4 cm³/mol. The van der Waals surface area contributed by atoms with E-state index in [1.807, 2.05) is 0 Å². The second-order valence-corrected chi connectivity index (χ2v) is 5.41. The molecule has 0 saturated carbocycles. The third-order valence-electron chi connectivity index (χ3n) is 2.70. The van der Waals surface area contributed by atoms with Gasteiger partial charge in [-0.1, -0.05) is 27.5 Å². The smallest absolute Gasteiger partial charge is 0.150 e. The summed E-state index contributed by atoms with van der Waals surface area (Å²) in [6.45, 7) is 0.194. The van der Waals surface area contributed by atoms with Crippen molar-refractivity contribution in [2.75, 3.05) is 12.4 Å². The zero-order valence-corrected chi connectivity index (χ0v) is 12.9. The van der Waals surface area contributed by atoms with Gasteiger partial charge in [0.15, 0.2) is 0 Å². The van der Waals surface area contributed by atoms with Crippen LogP contribution in [0.2, 0.25) is 5.02 Å². The summed E-state index contributed by atoms with van der Waals surface area (Å²) in [4.78, 5) is 0. The standard InChI is InChI=1S/C14H11BrClF2NO/c1-20-13-3-2-10(16)4-8(13)7-19-14-11(17)5-9(15)6-12(14)18/h2-6,19H,7H2,1H3. The molecule has 0 saturated heterocycles. The number of halogens is 4. The first-order valence-corrected chi connectivity index (χ1v) is 6.89. The highest BCUT2D eigenvalue weighted by atomic mass is 79.9. The Bertz CT molecular complexity index is 614. The Kier molecular flexibility index (Phi) is 4.83. The number of benzene rings is 2. The van der Waals surface area contributed by atoms with E-state index in [0.717, 1.165) is 0 Å². The molecule has 0 aliphatic rings. The fourth-order valence-electron chi connectivity index (χ4n) is 1.78. The molecule has 0 radical (unpaired) electrons. The largest absolute Gasteiger partial charge is 0.496 e. The van der Waals surface area contributed by atoms with Crippen LogP contribution in [0, 0.1) is 11.6 Å². The molecule has 0 fully saturated rings. The Hall–Kier alpha value is -1.33. The molecule has 0 heterocycles. The van der Waals surface area contributed by atoms with Crippen molar-refractivity contribution in [1.82, 2.24) is 0 Å². The zero-order valence-electron chi connectivity index (χ0n) is 10.5. The average Bonchev–Trinajstić information content (AvgIpc) is 2.37. The Balaban J connectivity index is 2.23. The summed E-state index contributed by atoms with van der Waals surface area (Å²) in [5.74, 6) is -0.740. The molecule has 1 N–H and O–H groups in total. The van der Waals surface area contributed by atoms with Crippen LogP contribution in [-0.4, -0.2) is 7.11 Å². The lowest BCUT2D eigenvalue weighted by atomic mass is 10.2. The van der Waals surface area contributed by atoms with Crippen LogP contribution in [-0.2, 0) is 6.54 Å². The van der Waals surface area contributed by atoms with E-state index in [1.165, 1.54) is 19.2 Å². The maximum absolute atomic E-state index is 13.7. The quantitative estimate of drug-likeness (QED) is 0.826. The first-order chi connectivity index (χ1) is 9.51. The Morgan fingerprint density at radius 2 is 1.85 bits per heavy atom. The molecule has 2 nitrogen and oxygen atoms in total. The van der Waals surface area contributed by atoms with Crippen LogP contribution in [0.15, 0.2) is 34.8 Å². The number of anilines is 1. The average molecular weight is 363 g/mol. The first-order valence-electron chi connectivity index (χ1n) is 5.72. The van der Waals surface area contributed by atoms with Gasteiger partial charge in [0.25, 0.3) is 0 Å². The van der Waals surface area contributed by atoms with Crippen molar-refractivity contribution in [3.05, 3.63) is 57.0 Å². The van der Waals surface area contributed by atoms with E-state index in [2.05, 4.69) is 21.2 Å². The maximum Gasteiger partial charge on any atom is 0.150 e. The summed E-state index contributed by atoms with van der Waals surface area (Å²) in [5.41, 5.74) is 0.525. The van der Waals surface area contributed by atoms with Gasteiger partial charge in [0.2, 0.25) is 0 Å². The fourth-order valence-corrected chi connectivity index (χ4v) is 2.38. The van der Waals surface area contributed by atoms with Crippen LogP contribution in [0.3, 0.4) is 0 Å². The van der Waals surface area contributed by atoms with Crippen molar-refractivity contribution in [3.63, 3.8) is 0 Å². The molecule has 0 aromatic heterocycles. The molecule has 0 aliphatic heterocycles. The predicted octanol–water partition coefficient (Wildman–Crippen LogP) is 5.00. The number of hydrogen-bond acceptors (Lipinski definition) is 2. The second kappa shape index (κ2) is 6.41. The van der Waals surface area contributed by atoms with E-state index < -0.39 is 11.6 Å². The minimum absolute atomic E-state index is 0.185. The molecule has 20 heavy (non-hydrogen) atoms. The van der Waals surface area contributed by atoms with Gasteiger partial charge in [-0.3, -0.25) is 0 Å². The van der Waals surface area contributed by atoms with E-state index in [0.29, 0.717) is 20.8 Å². The van der Waals surface area contributed by atoms with E-state index in [4.69, 9.17) is 16.3 Å². The lowest BCUT2D eigenvalue weighted by molar-refractivity contribution is 0.410. The molecular weight excluding hydrogens is 352 g/mol. The molecular formula is C14H11BrClF2NO. The Morgan fingerprint density at radius 1 is 1.20 bits per heavy atom. The number of rotatable bonds is 4. The summed E-state index contributed by atoms with van der Waals surface area (Å²) in [6, 6.07) is 7.46. The number of nitrogens with one attached hydrogen (secondary N) is 1. The van der Waals surface area contributed by atoms with E-state index in [1.54, 1.807) is 18.2 Å². The SMILES string of the molecule is COc1ccc(Cl)cc1CNc1c(F)cc(Br)cc1F. The van der Waals surface area contributed by atoms with Crippen molar-refractivity contribution in [1.29, 1.82) is 0 Å². The van der Waals surface area contributed by atoms with Crippen molar-refractivity contribution >= 4 is 33.2 Å². The summed E-state index contributed by atoms with van der Waals surface area (Å²) < 4.78 is 32.9. The van der Waals surface area contributed by atoms with Gasteiger partial charge in [0, 0.05) is 21.6 Å². The Morgan fingerprint density at radius 3 is 2.45 bits per heavy atom. The summed E-state index contributed by atoms with van der Waals surface area (Å²) >= 11 is 8.93. The molecule has 2 aromatic rings. The fraction of sp³-hybridized carbons (Fsp3) is 0.143. The van der Waals surface area contributed by atoms with Gasteiger partial charge in [-0.05, 0) is 30.3 Å². The lowest BCUT2D eigenvalue weighted by Gasteiger charge is -2.12. The Labute approximate surface area is 128 Å². The minimum atomic E-state index is -0.669. The van der Waals surface area contributed by atoms with E-state index in [9.17, 15) is 8.78 Å². The number of ether oxygens (including phenoxy) is 1. The van der Waals surface area contributed by atoms with E-state index in [-0.39, 0.29) is 12.2 Å². The highest BCUT2D eigenvalue weighted by Crippen LogP contribution is 2.27. The van der Waals surface area contributed by atoms with Crippen molar-refractivity contribution in [2.45, 2.75) is 6.54 Å². The molecule has 0 bridgehead atoms. The third kappa shape index (κ3) is 3.41. The van der Waals surface area contributed by atoms with Gasteiger partial charge in [-0.25, -0.2) is 8.78 Å². The van der Waals surface area contributed by atoms with Crippen molar-refractivity contribution < 1.29 is 13.5 Å². The lowest BCUT2D eigenvalue weighted by Crippen LogP contribution is -2.05. The molecule has 106 valence electrons. The van der Waals surface area contributed by atoms with Crippen LogP contribution in [0.4, 0.5) is 14.5 Å². The van der Waals surface area contributed by atoms with Gasteiger partial charge in [-0.2, -0.15) is 0 Å². The highest BCUT2D eigenvalue weighted by molar-refractivity contribution is 9.10. The third-order valence-corrected chi connectivity index (χ3v) is 3.40. The molecule has 0 spiro atoms. The minimum Gasteiger partial charge on any atom is -0.496 e. The van der Waals surface area contributed by atoms with Gasteiger partial charge in [0.05, 0.1) is 7.11 Å². The molecule has 2 rings (SSSR count). The van der Waals surface area contributed by atoms with Crippen LogP contribution >= 0.6 is 27.5 Å². The topological polar surface area (TPSA) is 21.3 Å². The van der Waals surface area contributed by atoms with Gasteiger partial charge in [0.1, 0.15) is 23.1 Å². The zero-order chi connectivity index (χ0) is 14.7. The van der Waals surface area contributed by atoms with Gasteiger partial charge < -0.3 is 10.1 Å². The molecule has 0 amide bonds. The van der Waals surface area contributed by atoms with E-state index >= 15 is 0 Å². The van der Waals surface area contributed by atoms with Crippen molar-refractivity contribution in [3.8, 4) is 5.75 Å². The van der Waals surface area contributed by atoms with Crippen LogP contribution in [0.5, 0.6) is 5.75 Å². The molecule has 2 aromatic carbocycles. The van der Waals surface area contributed by atoms with Crippen LogP contribution in [0.1, 0.15) is 5.56 Å². The van der Waals surface area contributed by atoms with Gasteiger partial charge in [-0.15, -0.1) is 0 Å². The highest BCUT2D eigenvalue weighted by Gasteiger charge is 2.11. The number of hydrogen-bond donors (Lipinski definition) is 1.